The molecule has 5 rings (SSSR count). The number of rotatable bonds is 7. The highest BCUT2D eigenvalue weighted by molar-refractivity contribution is 5.41. The number of pyridine rings is 1. The van der Waals surface area contributed by atoms with Crippen LogP contribution < -0.4 is 19.7 Å². The van der Waals surface area contributed by atoms with E-state index in [0.29, 0.717) is 19.7 Å². The van der Waals surface area contributed by atoms with Gasteiger partial charge in [0, 0.05) is 37.4 Å². The van der Waals surface area contributed by atoms with E-state index in [9.17, 15) is 23.3 Å². The molecule has 10 nitrogen and oxygen atoms in total. The molecule has 0 saturated carbocycles. The van der Waals surface area contributed by atoms with E-state index in [1.165, 1.54) is 18.3 Å². The summed E-state index contributed by atoms with van der Waals surface area (Å²) in [5.41, 5.74) is 2.01. The Labute approximate surface area is 210 Å². The topological polar surface area (TPSA) is 108 Å². The molecule has 1 fully saturated rings. The Morgan fingerprint density at radius 2 is 1.92 bits per heavy atom. The first-order chi connectivity index (χ1) is 17.7. The summed E-state index contributed by atoms with van der Waals surface area (Å²) >= 11 is 0. The standard InChI is InChI=1S/C24H25F3N6O4/c25-24(26,27)37-20-4-2-17(3-5-20)18-7-9-31(10-8-18)21-6-1-16(12-29-21)11-28-19-13-32-14-22(33(34)35)30-23(32)36-15-19/h1-6,12,14,18-19,28H,7-11,13,15H2. The highest BCUT2D eigenvalue weighted by Gasteiger charge is 2.31. The molecule has 2 aliphatic heterocycles. The summed E-state index contributed by atoms with van der Waals surface area (Å²) < 4.78 is 48.2. The van der Waals surface area contributed by atoms with Gasteiger partial charge in [-0.1, -0.05) is 18.2 Å². The second-order valence-electron chi connectivity index (χ2n) is 9.08. The third-order valence-electron chi connectivity index (χ3n) is 6.55. The number of nitro groups is 1. The molecular formula is C24H25F3N6O4. The van der Waals surface area contributed by atoms with E-state index in [-0.39, 0.29) is 29.5 Å². The van der Waals surface area contributed by atoms with Gasteiger partial charge in [-0.05, 0) is 53.0 Å². The van der Waals surface area contributed by atoms with E-state index < -0.39 is 11.3 Å². The number of piperidine rings is 1. The Balaban J connectivity index is 1.09. The predicted molar refractivity (Wildman–Crippen MR) is 127 cm³/mol. The summed E-state index contributed by atoms with van der Waals surface area (Å²) in [5.74, 6) is 0.717. The van der Waals surface area contributed by atoms with Crippen molar-refractivity contribution < 1.29 is 27.6 Å². The summed E-state index contributed by atoms with van der Waals surface area (Å²) in [6.07, 6.45) is 0.262. The molecule has 0 spiro atoms. The van der Waals surface area contributed by atoms with Gasteiger partial charge in [-0.15, -0.1) is 13.2 Å². The van der Waals surface area contributed by atoms with E-state index in [1.54, 1.807) is 16.7 Å². The highest BCUT2D eigenvalue weighted by atomic mass is 19.4. The average Bonchev–Trinajstić information content (AvgIpc) is 3.32. The third kappa shape index (κ3) is 6.10. The van der Waals surface area contributed by atoms with Gasteiger partial charge in [0.05, 0.1) is 6.04 Å². The minimum absolute atomic E-state index is 0.0194. The maximum absolute atomic E-state index is 12.4. The quantitative estimate of drug-likeness (QED) is 0.369. The monoisotopic (exact) mass is 518 g/mol. The molecule has 2 aromatic heterocycles. The Bertz CT molecular complexity index is 1220. The fourth-order valence-corrected chi connectivity index (χ4v) is 4.66. The van der Waals surface area contributed by atoms with Crippen LogP contribution in [-0.2, 0) is 13.1 Å². The van der Waals surface area contributed by atoms with Crippen molar-refractivity contribution in [3.8, 4) is 11.8 Å². The van der Waals surface area contributed by atoms with E-state index in [1.807, 2.05) is 18.3 Å². The Morgan fingerprint density at radius 1 is 1.16 bits per heavy atom. The summed E-state index contributed by atoms with van der Waals surface area (Å²) in [4.78, 5) is 21.0. The van der Waals surface area contributed by atoms with Gasteiger partial charge < -0.3 is 29.8 Å². The zero-order valence-corrected chi connectivity index (χ0v) is 19.7. The van der Waals surface area contributed by atoms with E-state index in [0.717, 1.165) is 42.9 Å². The molecule has 1 N–H and O–H groups in total. The number of aromatic nitrogens is 3. The minimum atomic E-state index is -4.69. The average molecular weight is 518 g/mol. The minimum Gasteiger partial charge on any atom is -0.444 e. The molecule has 1 atom stereocenters. The smallest absolute Gasteiger partial charge is 0.444 e. The zero-order valence-electron chi connectivity index (χ0n) is 19.7. The molecule has 4 heterocycles. The van der Waals surface area contributed by atoms with Gasteiger partial charge in [-0.25, -0.2) is 4.98 Å². The van der Waals surface area contributed by atoms with Crippen molar-refractivity contribution in [2.24, 2.45) is 0 Å². The molecule has 0 amide bonds. The van der Waals surface area contributed by atoms with Crippen LogP contribution in [0.5, 0.6) is 11.8 Å². The lowest BCUT2D eigenvalue weighted by atomic mass is 9.89. The molecule has 0 radical (unpaired) electrons. The number of alkyl halides is 3. The van der Waals surface area contributed by atoms with Crippen molar-refractivity contribution in [2.75, 3.05) is 24.6 Å². The third-order valence-corrected chi connectivity index (χ3v) is 6.55. The summed E-state index contributed by atoms with van der Waals surface area (Å²) in [6, 6.07) is 10.4. The van der Waals surface area contributed by atoms with Gasteiger partial charge >= 0.3 is 18.2 Å². The van der Waals surface area contributed by atoms with Crippen molar-refractivity contribution in [3.63, 3.8) is 0 Å². The number of anilines is 1. The second-order valence-corrected chi connectivity index (χ2v) is 9.08. The maximum atomic E-state index is 12.4. The Morgan fingerprint density at radius 3 is 2.57 bits per heavy atom. The van der Waals surface area contributed by atoms with Gasteiger partial charge in [-0.2, -0.15) is 0 Å². The molecular weight excluding hydrogens is 493 g/mol. The van der Waals surface area contributed by atoms with Crippen molar-refractivity contribution in [1.82, 2.24) is 19.9 Å². The number of fused-ring (bicyclic) bond motifs is 1. The van der Waals surface area contributed by atoms with Crippen LogP contribution in [0.2, 0.25) is 0 Å². The number of hydrogen-bond acceptors (Lipinski definition) is 8. The molecule has 37 heavy (non-hydrogen) atoms. The second kappa shape index (κ2) is 10.2. The van der Waals surface area contributed by atoms with Gasteiger partial charge in [0.25, 0.3) is 0 Å². The number of benzene rings is 1. The lowest BCUT2D eigenvalue weighted by Gasteiger charge is -2.33. The van der Waals surface area contributed by atoms with Crippen LogP contribution in [0.25, 0.3) is 0 Å². The number of imidazole rings is 1. The molecule has 1 saturated heterocycles. The van der Waals surface area contributed by atoms with Crippen molar-refractivity contribution in [2.45, 2.75) is 44.3 Å². The lowest BCUT2D eigenvalue weighted by Crippen LogP contribution is -2.41. The number of ether oxygens (including phenoxy) is 2. The molecule has 1 unspecified atom stereocenters. The molecule has 0 aliphatic carbocycles. The first-order valence-corrected chi connectivity index (χ1v) is 11.9. The number of halogens is 3. The number of hydrogen-bond donors (Lipinski definition) is 1. The van der Waals surface area contributed by atoms with Crippen molar-refractivity contribution in [3.05, 3.63) is 70.0 Å². The molecule has 3 aromatic rings. The number of nitrogens with one attached hydrogen (secondary N) is 1. The number of nitrogens with zero attached hydrogens (tertiary/aromatic N) is 5. The SMILES string of the molecule is O=[N+]([O-])c1cn2c(n1)OCC(NCc1ccc(N3CCC(c4ccc(OC(F)(F)F)cc4)CC3)nc1)C2. The van der Waals surface area contributed by atoms with Crippen LogP contribution in [0, 0.1) is 10.1 Å². The zero-order chi connectivity index (χ0) is 26.0. The molecule has 196 valence electrons. The fourth-order valence-electron chi connectivity index (χ4n) is 4.66. The lowest BCUT2D eigenvalue weighted by molar-refractivity contribution is -0.389. The summed E-state index contributed by atoms with van der Waals surface area (Å²) in [7, 11) is 0. The summed E-state index contributed by atoms with van der Waals surface area (Å²) in [6.45, 7) is 3.06. The van der Waals surface area contributed by atoms with Crippen LogP contribution in [0.4, 0.5) is 24.8 Å². The maximum Gasteiger partial charge on any atom is 0.573 e. The Kier molecular flexibility index (Phi) is 6.87. The highest BCUT2D eigenvalue weighted by Crippen LogP contribution is 2.32. The van der Waals surface area contributed by atoms with E-state index in [2.05, 4.69) is 24.9 Å². The molecule has 13 heteroatoms. The van der Waals surface area contributed by atoms with Crippen LogP contribution in [0.15, 0.2) is 48.8 Å². The first-order valence-electron chi connectivity index (χ1n) is 11.9. The van der Waals surface area contributed by atoms with E-state index in [4.69, 9.17) is 4.74 Å². The molecule has 0 bridgehead atoms. The largest absolute Gasteiger partial charge is 0.573 e. The van der Waals surface area contributed by atoms with Crippen molar-refractivity contribution in [1.29, 1.82) is 0 Å². The van der Waals surface area contributed by atoms with Crippen LogP contribution in [-0.4, -0.2) is 51.6 Å². The molecule has 1 aromatic carbocycles. The molecule has 2 aliphatic rings. The van der Waals surface area contributed by atoms with Crippen LogP contribution >= 0.6 is 0 Å². The van der Waals surface area contributed by atoms with Gasteiger partial charge in [0.2, 0.25) is 0 Å². The summed E-state index contributed by atoms with van der Waals surface area (Å²) in [5, 5.41) is 14.3. The van der Waals surface area contributed by atoms with Crippen LogP contribution in [0.1, 0.15) is 29.9 Å². The predicted octanol–water partition coefficient (Wildman–Crippen LogP) is 4.02. The Hall–Kier alpha value is -3.87. The van der Waals surface area contributed by atoms with Gasteiger partial charge in [-0.3, -0.25) is 4.57 Å². The van der Waals surface area contributed by atoms with Crippen LogP contribution in [0.3, 0.4) is 0 Å². The van der Waals surface area contributed by atoms with E-state index >= 15 is 0 Å². The van der Waals surface area contributed by atoms with Crippen molar-refractivity contribution >= 4 is 11.6 Å². The fraction of sp³-hybridized carbons (Fsp3) is 0.417. The normalized spacial score (nSPS) is 18.2. The van der Waals surface area contributed by atoms with Gasteiger partial charge in [0.15, 0.2) is 0 Å². The first kappa shape index (κ1) is 24.8. The van der Waals surface area contributed by atoms with Gasteiger partial charge in [0.1, 0.15) is 24.4 Å².